The summed E-state index contributed by atoms with van der Waals surface area (Å²) >= 11 is 8.06. The molecular weight excluding hydrogens is 592 g/mol. The normalized spacial score (nSPS) is 14.9. The highest BCUT2D eigenvalue weighted by atomic mass is 35.5. The molecule has 0 bridgehead atoms. The number of pyridine rings is 1. The van der Waals surface area contributed by atoms with E-state index in [2.05, 4.69) is 58.9 Å². The number of ether oxygens (including phenoxy) is 2. The van der Waals surface area contributed by atoms with Crippen molar-refractivity contribution in [1.82, 2.24) is 9.55 Å². The van der Waals surface area contributed by atoms with Gasteiger partial charge in [-0.05, 0) is 54.3 Å². The summed E-state index contributed by atoms with van der Waals surface area (Å²) in [6.45, 7) is 5.45. The lowest BCUT2D eigenvalue weighted by Gasteiger charge is -2.22. The molecule has 0 radical (unpaired) electrons. The van der Waals surface area contributed by atoms with Gasteiger partial charge >= 0.3 is 5.97 Å². The minimum atomic E-state index is -0.924. The van der Waals surface area contributed by atoms with Gasteiger partial charge in [0.25, 0.3) is 0 Å². The molecule has 2 aromatic heterocycles. The maximum atomic E-state index is 11.6. The third kappa shape index (κ3) is 6.50. The summed E-state index contributed by atoms with van der Waals surface area (Å²) in [5.74, 6) is -0.0463. The van der Waals surface area contributed by atoms with Crippen LogP contribution in [0, 0.1) is 0 Å². The summed E-state index contributed by atoms with van der Waals surface area (Å²) in [5, 5.41) is 11.8. The number of aromatic nitrogens is 2. The average molecular weight is 627 g/mol. The van der Waals surface area contributed by atoms with Gasteiger partial charge in [-0.15, -0.1) is 11.8 Å². The number of rotatable bonds is 12. The van der Waals surface area contributed by atoms with Crippen LogP contribution < -0.4 is 4.74 Å². The molecule has 44 heavy (non-hydrogen) atoms. The first kappa shape index (κ1) is 30.3. The smallest absolute Gasteiger partial charge is 0.332 e. The summed E-state index contributed by atoms with van der Waals surface area (Å²) in [6.07, 6.45) is 3.02. The van der Waals surface area contributed by atoms with E-state index in [0.717, 1.165) is 45.8 Å². The van der Waals surface area contributed by atoms with Gasteiger partial charge in [-0.25, -0.2) is 4.79 Å². The molecule has 8 heteroatoms. The Balaban J connectivity index is 1.32. The number of thioether (sulfide) groups is 1. The van der Waals surface area contributed by atoms with Gasteiger partial charge in [-0.1, -0.05) is 74.0 Å². The second-order valence-corrected chi connectivity index (χ2v) is 13.0. The Kier molecular flexibility index (Phi) is 9.26. The largest absolute Gasteiger partial charge is 0.487 e. The zero-order valence-corrected chi connectivity index (χ0v) is 26.4. The number of carboxylic acid groups (broad SMARTS) is 1. The van der Waals surface area contributed by atoms with E-state index in [4.69, 9.17) is 21.1 Å². The van der Waals surface area contributed by atoms with Crippen LogP contribution in [0.3, 0.4) is 0 Å². The fourth-order valence-corrected chi connectivity index (χ4v) is 7.30. The van der Waals surface area contributed by atoms with Crippen LogP contribution in [0.25, 0.3) is 22.0 Å². The molecule has 1 aliphatic heterocycles. The highest BCUT2D eigenvalue weighted by molar-refractivity contribution is 8.00. The van der Waals surface area contributed by atoms with Gasteiger partial charge in [0.15, 0.2) is 6.10 Å². The van der Waals surface area contributed by atoms with Crippen molar-refractivity contribution >= 4 is 40.2 Å². The summed E-state index contributed by atoms with van der Waals surface area (Å²) in [6, 6.07) is 26.5. The Morgan fingerprint density at radius 2 is 1.86 bits per heavy atom. The monoisotopic (exact) mass is 626 g/mol. The first-order chi connectivity index (χ1) is 21.4. The van der Waals surface area contributed by atoms with E-state index in [1.54, 1.807) is 0 Å². The molecule has 1 N–H and O–H groups in total. The highest BCUT2D eigenvalue weighted by Crippen LogP contribution is 2.47. The Hall–Kier alpha value is -3.78. The molecule has 2 atom stereocenters. The van der Waals surface area contributed by atoms with E-state index in [9.17, 15) is 9.90 Å². The highest BCUT2D eigenvalue weighted by Gasteiger charge is 2.29. The lowest BCUT2D eigenvalue weighted by atomic mass is 10.0. The van der Waals surface area contributed by atoms with E-state index in [1.165, 1.54) is 15.8 Å². The van der Waals surface area contributed by atoms with Gasteiger partial charge in [-0.3, -0.25) is 4.98 Å². The van der Waals surface area contributed by atoms with E-state index in [-0.39, 0.29) is 0 Å². The molecule has 5 aromatic rings. The fraction of sp³-hybridized carbons (Fsp3) is 0.278. The van der Waals surface area contributed by atoms with Crippen LogP contribution in [0.5, 0.6) is 5.75 Å². The van der Waals surface area contributed by atoms with Crippen molar-refractivity contribution in [3.8, 4) is 16.9 Å². The third-order valence-electron chi connectivity index (χ3n) is 8.03. The molecule has 1 aliphatic rings. The number of aliphatic carboxylic acids is 1. The van der Waals surface area contributed by atoms with Crippen LogP contribution in [0.1, 0.15) is 42.8 Å². The van der Waals surface area contributed by atoms with Crippen LogP contribution in [0.15, 0.2) is 90.0 Å². The molecule has 0 amide bonds. The van der Waals surface area contributed by atoms with Crippen LogP contribution >= 0.6 is 23.4 Å². The third-order valence-corrected chi connectivity index (χ3v) is 9.53. The molecule has 3 heterocycles. The summed E-state index contributed by atoms with van der Waals surface area (Å²) in [5.41, 5.74) is 7.73. The Bertz CT molecular complexity index is 1750. The van der Waals surface area contributed by atoms with Crippen molar-refractivity contribution in [3.05, 3.63) is 113 Å². The average Bonchev–Trinajstić information content (AvgIpc) is 3.32. The zero-order valence-electron chi connectivity index (χ0n) is 24.8. The predicted molar refractivity (Wildman–Crippen MR) is 177 cm³/mol. The van der Waals surface area contributed by atoms with E-state index < -0.39 is 12.1 Å². The maximum Gasteiger partial charge on any atom is 0.332 e. The SMILES string of the molecule is CC[C@H](OCCc1c2c3c(c(OCc4ccc(-c5ccccc5)cn4)ccc3n1Cc1ccc(Cl)cc1)C[C@@H](C)S2)C(=O)O. The van der Waals surface area contributed by atoms with Crippen molar-refractivity contribution in [2.75, 3.05) is 6.61 Å². The van der Waals surface area contributed by atoms with Gasteiger partial charge in [0, 0.05) is 56.5 Å². The quantitative estimate of drug-likeness (QED) is 0.150. The number of hydrogen-bond donors (Lipinski definition) is 1. The molecule has 0 spiro atoms. The van der Waals surface area contributed by atoms with Gasteiger partial charge in [-0.2, -0.15) is 0 Å². The van der Waals surface area contributed by atoms with Crippen molar-refractivity contribution in [3.63, 3.8) is 0 Å². The lowest BCUT2D eigenvalue weighted by molar-refractivity contribution is -0.150. The fourth-order valence-electron chi connectivity index (χ4n) is 5.83. The summed E-state index contributed by atoms with van der Waals surface area (Å²) in [4.78, 5) is 17.5. The molecule has 0 saturated carbocycles. The molecule has 0 fully saturated rings. The number of halogens is 1. The number of benzene rings is 3. The predicted octanol–water partition coefficient (Wildman–Crippen LogP) is 8.44. The second-order valence-electron chi connectivity index (χ2n) is 11.1. The number of hydrogen-bond acceptors (Lipinski definition) is 5. The standard InChI is InChI=1S/C36H35ClN2O4S/c1-3-32(36(40)41)42-18-17-31-35-34-29(19-23(2)44-35)33(16-15-30(34)39(31)21-24-9-12-27(37)13-10-24)43-22-28-14-11-26(20-38-28)25-7-5-4-6-8-25/h4-16,20,23,32H,3,17-19,21-22H2,1-2H3,(H,40,41)/t23-,32+/m1/s1. The van der Waals surface area contributed by atoms with Gasteiger partial charge in [0.2, 0.25) is 0 Å². The minimum Gasteiger partial charge on any atom is -0.487 e. The van der Waals surface area contributed by atoms with Crippen molar-refractivity contribution in [2.45, 2.75) is 62.5 Å². The summed E-state index contributed by atoms with van der Waals surface area (Å²) < 4.78 is 14.6. The first-order valence-electron chi connectivity index (χ1n) is 15.0. The van der Waals surface area contributed by atoms with Gasteiger partial charge < -0.3 is 19.1 Å². The molecule has 226 valence electrons. The molecule has 6 rings (SSSR count). The number of nitrogens with zero attached hydrogens (tertiary/aromatic N) is 2. The molecule has 0 unspecified atom stereocenters. The Morgan fingerprint density at radius 1 is 1.07 bits per heavy atom. The van der Waals surface area contributed by atoms with Gasteiger partial charge in [0.1, 0.15) is 12.4 Å². The zero-order chi connectivity index (χ0) is 30.6. The van der Waals surface area contributed by atoms with Gasteiger partial charge in [0.05, 0.1) is 17.8 Å². The molecule has 6 nitrogen and oxygen atoms in total. The molecule has 0 saturated heterocycles. The maximum absolute atomic E-state index is 11.6. The lowest BCUT2D eigenvalue weighted by Crippen LogP contribution is -2.24. The number of carbonyl (C=O) groups is 1. The molecule has 0 aliphatic carbocycles. The minimum absolute atomic E-state index is 0.326. The molecule has 3 aromatic carbocycles. The van der Waals surface area contributed by atoms with Crippen LogP contribution in [-0.4, -0.2) is 38.6 Å². The topological polar surface area (TPSA) is 73.6 Å². The second kappa shape index (κ2) is 13.5. The van der Waals surface area contributed by atoms with E-state index in [1.807, 2.05) is 61.3 Å². The Morgan fingerprint density at radius 3 is 2.57 bits per heavy atom. The van der Waals surface area contributed by atoms with Crippen LogP contribution in [0.4, 0.5) is 0 Å². The van der Waals surface area contributed by atoms with Crippen LogP contribution in [0.2, 0.25) is 5.02 Å². The molecular formula is C36H35ClN2O4S. The Labute approximate surface area is 267 Å². The van der Waals surface area contributed by atoms with Crippen LogP contribution in [-0.2, 0) is 35.5 Å². The first-order valence-corrected chi connectivity index (χ1v) is 16.2. The van der Waals surface area contributed by atoms with Crippen molar-refractivity contribution < 1.29 is 19.4 Å². The van der Waals surface area contributed by atoms with Crippen molar-refractivity contribution in [1.29, 1.82) is 0 Å². The summed E-state index contributed by atoms with van der Waals surface area (Å²) in [7, 11) is 0. The number of carboxylic acids is 1. The van der Waals surface area contributed by atoms with E-state index >= 15 is 0 Å². The van der Waals surface area contributed by atoms with E-state index in [0.29, 0.717) is 42.9 Å². The van der Waals surface area contributed by atoms with Crippen molar-refractivity contribution in [2.24, 2.45) is 0 Å².